The van der Waals surface area contributed by atoms with Gasteiger partial charge in [0.1, 0.15) is 0 Å². The van der Waals surface area contributed by atoms with Gasteiger partial charge in [-0.25, -0.2) is 18.1 Å². The van der Waals surface area contributed by atoms with Gasteiger partial charge >= 0.3 is 0 Å². The van der Waals surface area contributed by atoms with Crippen LogP contribution in [0.15, 0.2) is 10.4 Å². The Morgan fingerprint density at radius 1 is 1.71 bits per heavy atom. The Labute approximate surface area is 92.4 Å². The lowest BCUT2D eigenvalue weighted by Crippen LogP contribution is -2.31. The van der Waals surface area contributed by atoms with E-state index in [4.69, 9.17) is 11.6 Å². The second kappa shape index (κ2) is 4.57. The van der Waals surface area contributed by atoms with E-state index in [-0.39, 0.29) is 14.7 Å². The molecule has 1 N–H and O–H groups in total. The molecule has 1 atom stereocenters. The fourth-order valence-corrected chi connectivity index (χ4v) is 3.41. The van der Waals surface area contributed by atoms with Crippen molar-refractivity contribution >= 4 is 33.0 Å². The van der Waals surface area contributed by atoms with Gasteiger partial charge in [-0.1, -0.05) is 29.9 Å². The molecular weight excluding hydrogens is 244 g/mol. The maximum Gasteiger partial charge on any atom is 0.251 e. The number of halogens is 1. The van der Waals surface area contributed by atoms with Crippen molar-refractivity contribution in [3.8, 4) is 0 Å². The molecule has 14 heavy (non-hydrogen) atoms. The highest BCUT2D eigenvalue weighted by atomic mass is 35.5. The fraction of sp³-hybridized carbons (Fsp3) is 0.571. The Morgan fingerprint density at radius 3 is 2.79 bits per heavy atom. The fourth-order valence-electron chi connectivity index (χ4n) is 0.770. The van der Waals surface area contributed by atoms with Crippen LogP contribution in [-0.4, -0.2) is 19.4 Å². The maximum absolute atomic E-state index is 11.6. The van der Waals surface area contributed by atoms with Crippen LogP contribution in [0.1, 0.15) is 20.3 Å². The first-order valence-electron chi connectivity index (χ1n) is 4.09. The molecule has 7 heteroatoms. The predicted octanol–water partition coefficient (Wildman–Crippen LogP) is 1.87. The molecule has 0 bridgehead atoms. The SMILES string of the molecule is CCC(C)NS(=O)(=O)c1cnc(Cl)s1. The molecule has 1 aromatic rings. The van der Waals surface area contributed by atoms with Crippen LogP contribution in [0.3, 0.4) is 0 Å². The van der Waals surface area contributed by atoms with Crippen LogP contribution in [-0.2, 0) is 10.0 Å². The molecule has 0 aliphatic carbocycles. The third-order valence-electron chi connectivity index (χ3n) is 1.69. The average molecular weight is 255 g/mol. The highest BCUT2D eigenvalue weighted by Crippen LogP contribution is 2.22. The van der Waals surface area contributed by atoms with Crippen molar-refractivity contribution in [2.45, 2.75) is 30.5 Å². The highest BCUT2D eigenvalue weighted by molar-refractivity contribution is 7.91. The van der Waals surface area contributed by atoms with Crippen molar-refractivity contribution in [2.24, 2.45) is 0 Å². The molecule has 80 valence electrons. The van der Waals surface area contributed by atoms with E-state index < -0.39 is 10.0 Å². The van der Waals surface area contributed by atoms with Gasteiger partial charge in [-0.2, -0.15) is 0 Å². The zero-order chi connectivity index (χ0) is 10.8. The zero-order valence-corrected chi connectivity index (χ0v) is 10.2. The number of hydrogen-bond acceptors (Lipinski definition) is 4. The van der Waals surface area contributed by atoms with E-state index >= 15 is 0 Å². The summed E-state index contributed by atoms with van der Waals surface area (Å²) in [5.41, 5.74) is 0. The molecule has 1 aromatic heterocycles. The lowest BCUT2D eigenvalue weighted by Gasteiger charge is -2.09. The van der Waals surface area contributed by atoms with E-state index in [1.165, 1.54) is 6.20 Å². The van der Waals surface area contributed by atoms with Gasteiger partial charge in [0.15, 0.2) is 8.68 Å². The summed E-state index contributed by atoms with van der Waals surface area (Å²) in [6.07, 6.45) is 2.00. The van der Waals surface area contributed by atoms with E-state index in [0.29, 0.717) is 0 Å². The van der Waals surface area contributed by atoms with Gasteiger partial charge < -0.3 is 0 Å². The molecule has 0 aromatic carbocycles. The third-order valence-corrected chi connectivity index (χ3v) is 4.86. The van der Waals surface area contributed by atoms with Crippen molar-refractivity contribution in [2.75, 3.05) is 0 Å². The second-order valence-corrected chi connectivity index (χ2v) is 6.42. The summed E-state index contributed by atoms with van der Waals surface area (Å²) in [4.78, 5) is 3.68. The molecule has 4 nitrogen and oxygen atoms in total. The summed E-state index contributed by atoms with van der Waals surface area (Å²) in [6.45, 7) is 3.72. The molecule has 0 aliphatic rings. The number of nitrogens with one attached hydrogen (secondary N) is 1. The van der Waals surface area contributed by atoms with E-state index in [1.807, 2.05) is 6.92 Å². The number of thiazole rings is 1. The number of sulfonamides is 1. The molecule has 0 saturated heterocycles. The first-order valence-corrected chi connectivity index (χ1v) is 6.77. The normalized spacial score (nSPS) is 14.2. The summed E-state index contributed by atoms with van der Waals surface area (Å²) in [6, 6.07) is -0.0825. The summed E-state index contributed by atoms with van der Waals surface area (Å²) >= 11 is 6.50. The van der Waals surface area contributed by atoms with Crippen LogP contribution in [0.5, 0.6) is 0 Å². The van der Waals surface area contributed by atoms with Crippen molar-refractivity contribution in [3.05, 3.63) is 10.7 Å². The summed E-state index contributed by atoms with van der Waals surface area (Å²) in [7, 11) is -3.43. The van der Waals surface area contributed by atoms with Crippen LogP contribution >= 0.6 is 22.9 Å². The molecule has 0 amide bonds. The van der Waals surface area contributed by atoms with Gasteiger partial charge in [-0.3, -0.25) is 0 Å². The Hall–Kier alpha value is -0.170. The minimum atomic E-state index is -3.43. The standard InChI is InChI=1S/C7H11ClN2O2S2/c1-3-5(2)10-14(11,12)6-4-9-7(8)13-6/h4-5,10H,3H2,1-2H3. The van der Waals surface area contributed by atoms with Gasteiger partial charge in [0.2, 0.25) is 0 Å². The summed E-state index contributed by atoms with van der Waals surface area (Å²) < 4.78 is 26.1. The third kappa shape index (κ3) is 2.91. The molecule has 0 radical (unpaired) electrons. The highest BCUT2D eigenvalue weighted by Gasteiger charge is 2.19. The topological polar surface area (TPSA) is 59.1 Å². The van der Waals surface area contributed by atoms with Gasteiger partial charge in [0.25, 0.3) is 10.0 Å². The van der Waals surface area contributed by atoms with E-state index in [0.717, 1.165) is 17.8 Å². The Bertz CT molecular complexity index is 402. The Kier molecular flexibility index (Phi) is 3.88. The number of hydrogen-bond donors (Lipinski definition) is 1. The quantitative estimate of drug-likeness (QED) is 0.893. The Balaban J connectivity index is 2.86. The maximum atomic E-state index is 11.6. The summed E-state index contributed by atoms with van der Waals surface area (Å²) in [5.74, 6) is 0. The first kappa shape index (κ1) is 11.9. The van der Waals surface area contributed by atoms with Crippen LogP contribution in [0.25, 0.3) is 0 Å². The van der Waals surface area contributed by atoms with Gasteiger partial charge in [-0.05, 0) is 13.3 Å². The number of aromatic nitrogens is 1. The zero-order valence-electron chi connectivity index (χ0n) is 7.82. The number of rotatable bonds is 4. The monoisotopic (exact) mass is 254 g/mol. The van der Waals surface area contributed by atoms with E-state index in [2.05, 4.69) is 9.71 Å². The lowest BCUT2D eigenvalue weighted by molar-refractivity contribution is 0.557. The first-order chi connectivity index (χ1) is 6.45. The molecule has 1 rings (SSSR count). The van der Waals surface area contributed by atoms with E-state index in [9.17, 15) is 8.42 Å². The lowest BCUT2D eigenvalue weighted by atomic mass is 10.3. The molecule has 0 spiro atoms. The molecule has 0 fully saturated rings. The van der Waals surface area contributed by atoms with Gasteiger partial charge in [0, 0.05) is 6.04 Å². The van der Waals surface area contributed by atoms with Gasteiger partial charge in [0.05, 0.1) is 6.20 Å². The molecular formula is C7H11ClN2O2S2. The van der Waals surface area contributed by atoms with Crippen LogP contribution in [0, 0.1) is 0 Å². The Morgan fingerprint density at radius 2 is 2.36 bits per heavy atom. The second-order valence-electron chi connectivity index (χ2n) is 2.86. The average Bonchev–Trinajstić information content (AvgIpc) is 2.51. The molecule has 0 saturated carbocycles. The minimum absolute atomic E-state index is 0.0825. The molecule has 1 heterocycles. The van der Waals surface area contributed by atoms with Gasteiger partial charge in [-0.15, -0.1) is 0 Å². The van der Waals surface area contributed by atoms with Crippen molar-refractivity contribution in [1.29, 1.82) is 0 Å². The smallest absolute Gasteiger partial charge is 0.232 e. The molecule has 1 unspecified atom stereocenters. The van der Waals surface area contributed by atoms with Crippen LogP contribution in [0.4, 0.5) is 0 Å². The summed E-state index contributed by atoms with van der Waals surface area (Å²) in [5, 5.41) is 0. The molecule has 0 aliphatic heterocycles. The predicted molar refractivity (Wildman–Crippen MR) is 57.2 cm³/mol. The number of nitrogens with zero attached hydrogens (tertiary/aromatic N) is 1. The van der Waals surface area contributed by atoms with Crippen molar-refractivity contribution in [1.82, 2.24) is 9.71 Å². The van der Waals surface area contributed by atoms with E-state index in [1.54, 1.807) is 6.92 Å². The van der Waals surface area contributed by atoms with Crippen LogP contribution in [0.2, 0.25) is 4.47 Å². The minimum Gasteiger partial charge on any atom is -0.232 e. The van der Waals surface area contributed by atoms with Crippen molar-refractivity contribution in [3.63, 3.8) is 0 Å². The van der Waals surface area contributed by atoms with Crippen molar-refractivity contribution < 1.29 is 8.42 Å². The largest absolute Gasteiger partial charge is 0.251 e. The van der Waals surface area contributed by atoms with Crippen LogP contribution < -0.4 is 4.72 Å².